The Balaban J connectivity index is 2.04. The molecular weight excluding hydrogens is 224 g/mol. The van der Waals surface area contributed by atoms with Crippen molar-refractivity contribution in [3.05, 3.63) is 17.8 Å². The molecule has 0 atom stereocenters. The predicted molar refractivity (Wildman–Crippen MR) is 73.2 cm³/mol. The lowest BCUT2D eigenvalue weighted by Gasteiger charge is -2.20. The molecule has 1 aliphatic carbocycles. The van der Waals surface area contributed by atoms with E-state index in [2.05, 4.69) is 28.4 Å². The summed E-state index contributed by atoms with van der Waals surface area (Å²) in [6.45, 7) is 7.56. The summed E-state index contributed by atoms with van der Waals surface area (Å²) in [5, 5.41) is 0. The average molecular weight is 244 g/mol. The van der Waals surface area contributed by atoms with Crippen molar-refractivity contribution in [1.29, 1.82) is 0 Å². The molecule has 1 fully saturated rings. The van der Waals surface area contributed by atoms with Crippen LogP contribution in [0.1, 0.15) is 32.3 Å². The third kappa shape index (κ3) is 1.67. The van der Waals surface area contributed by atoms with Gasteiger partial charge in [0.05, 0.1) is 0 Å². The number of hydrogen-bond donors (Lipinski definition) is 1. The van der Waals surface area contributed by atoms with Crippen LogP contribution < -0.4 is 5.73 Å². The molecule has 18 heavy (non-hydrogen) atoms. The summed E-state index contributed by atoms with van der Waals surface area (Å²) in [6.07, 6.45) is 4.46. The smallest absolute Gasteiger partial charge is 0.202 e. The van der Waals surface area contributed by atoms with E-state index in [9.17, 15) is 0 Å². The van der Waals surface area contributed by atoms with Gasteiger partial charge in [-0.1, -0.05) is 13.8 Å². The number of nitrogen functional groups attached to an aromatic ring is 1. The number of nitrogens with two attached hydrogens (primary N) is 1. The maximum Gasteiger partial charge on any atom is 0.202 e. The molecule has 2 heterocycles. The highest BCUT2D eigenvalue weighted by Crippen LogP contribution is 2.53. The Hall–Kier alpha value is -1.58. The van der Waals surface area contributed by atoms with E-state index >= 15 is 0 Å². The molecule has 4 heteroatoms. The van der Waals surface area contributed by atoms with Gasteiger partial charge in [0, 0.05) is 12.7 Å². The van der Waals surface area contributed by atoms with Crippen molar-refractivity contribution >= 4 is 17.1 Å². The number of rotatable bonds is 3. The van der Waals surface area contributed by atoms with Gasteiger partial charge in [-0.25, -0.2) is 9.97 Å². The summed E-state index contributed by atoms with van der Waals surface area (Å²) < 4.78 is 2.09. The summed E-state index contributed by atoms with van der Waals surface area (Å²) in [5.74, 6) is 1.27. The first-order chi connectivity index (χ1) is 8.52. The molecule has 2 aromatic heterocycles. The van der Waals surface area contributed by atoms with Crippen LogP contribution in [0.2, 0.25) is 0 Å². The molecule has 3 rings (SSSR count). The van der Waals surface area contributed by atoms with Crippen LogP contribution in [0.4, 0.5) is 5.95 Å². The van der Waals surface area contributed by atoms with Gasteiger partial charge in [-0.05, 0) is 42.7 Å². The number of fused-ring (bicyclic) bond motifs is 1. The average Bonchev–Trinajstić information content (AvgIpc) is 3.02. The second-order valence-electron chi connectivity index (χ2n) is 5.93. The van der Waals surface area contributed by atoms with Gasteiger partial charge in [-0.15, -0.1) is 0 Å². The van der Waals surface area contributed by atoms with Crippen LogP contribution in [0.25, 0.3) is 11.2 Å². The summed E-state index contributed by atoms with van der Waals surface area (Å²) in [4.78, 5) is 8.92. The van der Waals surface area contributed by atoms with Gasteiger partial charge in [0.1, 0.15) is 5.52 Å². The summed E-state index contributed by atoms with van der Waals surface area (Å²) in [6, 6.07) is 2.05. The highest BCUT2D eigenvalue weighted by molar-refractivity contribution is 5.74. The first-order valence-electron chi connectivity index (χ1n) is 6.60. The fourth-order valence-corrected chi connectivity index (χ4v) is 2.68. The van der Waals surface area contributed by atoms with Crippen LogP contribution in [0, 0.1) is 18.3 Å². The highest BCUT2D eigenvalue weighted by atomic mass is 15.2. The predicted octanol–water partition coefficient (Wildman–Crippen LogP) is 2.76. The van der Waals surface area contributed by atoms with Gasteiger partial charge in [0.2, 0.25) is 5.95 Å². The molecule has 0 aromatic carbocycles. The van der Waals surface area contributed by atoms with Crippen molar-refractivity contribution in [3.63, 3.8) is 0 Å². The molecule has 2 N–H and O–H groups in total. The fourth-order valence-electron chi connectivity index (χ4n) is 2.68. The Morgan fingerprint density at radius 2 is 2.17 bits per heavy atom. The van der Waals surface area contributed by atoms with Crippen LogP contribution in [0.15, 0.2) is 12.3 Å². The fraction of sp³-hybridized carbons (Fsp3) is 0.571. The Kier molecular flexibility index (Phi) is 2.37. The molecule has 4 nitrogen and oxygen atoms in total. The topological polar surface area (TPSA) is 56.7 Å². The van der Waals surface area contributed by atoms with Crippen molar-refractivity contribution in [2.24, 2.45) is 11.3 Å². The van der Waals surface area contributed by atoms with E-state index in [0.717, 1.165) is 23.3 Å². The molecular formula is C14H20N4. The molecule has 96 valence electrons. The van der Waals surface area contributed by atoms with Gasteiger partial charge in [-0.3, -0.25) is 4.57 Å². The molecule has 0 amide bonds. The Bertz CT molecular complexity index is 593. The second kappa shape index (κ2) is 3.70. The maximum absolute atomic E-state index is 6.05. The van der Waals surface area contributed by atoms with Crippen molar-refractivity contribution in [2.45, 2.75) is 40.2 Å². The molecule has 0 aliphatic heterocycles. The molecule has 0 unspecified atom stereocenters. The van der Waals surface area contributed by atoms with Gasteiger partial charge in [-0.2, -0.15) is 0 Å². The lowest BCUT2D eigenvalue weighted by Crippen LogP contribution is -2.19. The highest BCUT2D eigenvalue weighted by Gasteiger charge is 2.46. The molecule has 1 aliphatic rings. The van der Waals surface area contributed by atoms with Crippen LogP contribution in [0.3, 0.4) is 0 Å². The number of aromatic nitrogens is 3. The van der Waals surface area contributed by atoms with Crippen LogP contribution in [-0.2, 0) is 6.54 Å². The molecule has 0 spiro atoms. The summed E-state index contributed by atoms with van der Waals surface area (Å²) >= 11 is 0. The van der Waals surface area contributed by atoms with Crippen LogP contribution in [-0.4, -0.2) is 14.5 Å². The minimum absolute atomic E-state index is 0.411. The zero-order chi connectivity index (χ0) is 12.9. The van der Waals surface area contributed by atoms with Crippen LogP contribution in [0.5, 0.6) is 0 Å². The number of aryl methyl sites for hydroxylation is 1. The number of nitrogens with zero attached hydrogens (tertiary/aromatic N) is 3. The number of hydrogen-bond acceptors (Lipinski definition) is 3. The van der Waals surface area contributed by atoms with Gasteiger partial charge >= 0.3 is 0 Å². The number of anilines is 1. The number of pyridine rings is 1. The van der Waals surface area contributed by atoms with Gasteiger partial charge in [0.15, 0.2) is 5.65 Å². The van der Waals surface area contributed by atoms with Gasteiger partial charge in [0.25, 0.3) is 0 Å². The molecule has 2 aromatic rings. The number of imidazole rings is 1. The molecule has 0 saturated heterocycles. The van der Waals surface area contributed by atoms with E-state index < -0.39 is 0 Å². The second-order valence-corrected chi connectivity index (χ2v) is 5.93. The van der Waals surface area contributed by atoms with Crippen molar-refractivity contribution in [1.82, 2.24) is 14.5 Å². The van der Waals surface area contributed by atoms with E-state index in [1.165, 1.54) is 12.8 Å². The minimum atomic E-state index is 0.411. The van der Waals surface area contributed by atoms with E-state index in [1.807, 2.05) is 19.2 Å². The zero-order valence-electron chi connectivity index (χ0n) is 11.3. The summed E-state index contributed by atoms with van der Waals surface area (Å²) in [5.41, 5.74) is 9.41. The third-order valence-electron chi connectivity index (χ3n) is 4.34. The van der Waals surface area contributed by atoms with Gasteiger partial charge < -0.3 is 5.73 Å². The molecule has 1 saturated carbocycles. The lowest BCUT2D eigenvalue weighted by molar-refractivity contribution is 0.313. The Morgan fingerprint density at radius 3 is 2.78 bits per heavy atom. The monoisotopic (exact) mass is 244 g/mol. The Morgan fingerprint density at radius 1 is 1.44 bits per heavy atom. The summed E-state index contributed by atoms with van der Waals surface area (Å²) in [7, 11) is 0. The first-order valence-corrected chi connectivity index (χ1v) is 6.60. The first kappa shape index (κ1) is 11.5. The quantitative estimate of drug-likeness (QED) is 0.903. The van der Waals surface area contributed by atoms with Crippen LogP contribution >= 0.6 is 0 Å². The molecule has 0 radical (unpaired) electrons. The van der Waals surface area contributed by atoms with Crippen molar-refractivity contribution in [2.75, 3.05) is 5.73 Å². The van der Waals surface area contributed by atoms with E-state index in [-0.39, 0.29) is 0 Å². The van der Waals surface area contributed by atoms with Crippen molar-refractivity contribution < 1.29 is 0 Å². The van der Waals surface area contributed by atoms with E-state index in [4.69, 9.17) is 5.73 Å². The minimum Gasteiger partial charge on any atom is -0.369 e. The SMILES string of the molecule is Cc1cnc2c(c1)nc(N)n2CC1(C(C)C)CC1. The van der Waals surface area contributed by atoms with E-state index in [1.54, 1.807) is 0 Å². The maximum atomic E-state index is 6.05. The lowest BCUT2D eigenvalue weighted by atomic mass is 9.92. The Labute approximate surface area is 107 Å². The van der Waals surface area contributed by atoms with E-state index in [0.29, 0.717) is 17.3 Å². The van der Waals surface area contributed by atoms with Crippen molar-refractivity contribution in [3.8, 4) is 0 Å². The molecule has 0 bridgehead atoms. The zero-order valence-corrected chi connectivity index (χ0v) is 11.3. The third-order valence-corrected chi connectivity index (χ3v) is 4.34. The largest absolute Gasteiger partial charge is 0.369 e. The normalized spacial score (nSPS) is 17.6. The standard InChI is InChI=1S/C14H20N4/c1-9(2)14(4-5-14)8-18-12-11(17-13(18)15)6-10(3)7-16-12/h6-7,9H,4-5,8H2,1-3H3,(H2,15,17).